The van der Waals surface area contributed by atoms with E-state index in [1.807, 2.05) is 0 Å². The second-order valence-corrected chi connectivity index (χ2v) is 8.84. The van der Waals surface area contributed by atoms with Crippen LogP contribution in [0.1, 0.15) is 22.3 Å². The molecule has 36 heavy (non-hydrogen) atoms. The van der Waals surface area contributed by atoms with Crippen LogP contribution in [-0.4, -0.2) is 40.9 Å². The molecule has 0 spiro atoms. The number of carbonyl (C=O) groups excluding carboxylic acids is 3. The fraction of sp³-hybridized carbons (Fsp3) is 0.154. The van der Waals surface area contributed by atoms with Crippen molar-refractivity contribution in [1.82, 2.24) is 4.90 Å². The largest absolute Gasteiger partial charge is 0.465 e. The number of ether oxygens (including phenoxy) is 1. The number of hydrogen-bond acceptors (Lipinski definition) is 5. The summed E-state index contributed by atoms with van der Waals surface area (Å²) < 4.78 is 18.0. The van der Waals surface area contributed by atoms with Crippen LogP contribution in [0.25, 0.3) is 0 Å². The highest BCUT2D eigenvalue weighted by Crippen LogP contribution is 2.28. The van der Waals surface area contributed by atoms with Gasteiger partial charge >= 0.3 is 5.97 Å². The van der Waals surface area contributed by atoms with Crippen molar-refractivity contribution in [3.8, 4) is 0 Å². The molecular weight excluding hydrogens is 505 g/mol. The Morgan fingerprint density at radius 1 is 1.08 bits per heavy atom. The van der Waals surface area contributed by atoms with Crippen LogP contribution in [0.15, 0.2) is 72.8 Å². The molecule has 1 fully saturated rings. The number of thiocarbonyl (C=S) groups is 1. The average Bonchev–Trinajstić information content (AvgIpc) is 3.17. The third-order valence-electron chi connectivity index (χ3n) is 5.67. The third-order valence-corrected chi connectivity index (χ3v) is 6.26. The molecule has 2 amide bonds. The van der Waals surface area contributed by atoms with Gasteiger partial charge in [0, 0.05) is 17.3 Å². The van der Waals surface area contributed by atoms with E-state index in [1.165, 1.54) is 55.6 Å². The number of halogens is 2. The molecule has 1 saturated heterocycles. The first-order chi connectivity index (χ1) is 17.3. The van der Waals surface area contributed by atoms with Crippen molar-refractivity contribution in [3.63, 3.8) is 0 Å². The maximum atomic E-state index is 13.5. The molecule has 3 aromatic carbocycles. The number of imide groups is 1. The lowest BCUT2D eigenvalue weighted by Gasteiger charge is -2.30. The van der Waals surface area contributed by atoms with E-state index in [4.69, 9.17) is 28.6 Å². The number of anilines is 2. The standard InChI is InChI=1S/C26H21ClFN3O4S/c1-35-25(34)17-4-12-21(13-5-17)31-23(32)14-22(24(31)33)30(15-16-2-6-18(27)7-3-16)26(36)29-20-10-8-19(28)9-11-20/h2-13,22H,14-15H2,1H3,(H,29,36). The van der Waals surface area contributed by atoms with Gasteiger partial charge in [-0.1, -0.05) is 23.7 Å². The summed E-state index contributed by atoms with van der Waals surface area (Å²) in [5.41, 5.74) is 1.99. The number of carbonyl (C=O) groups is 3. The third kappa shape index (κ3) is 5.53. The molecule has 0 saturated carbocycles. The number of esters is 1. The highest BCUT2D eigenvalue weighted by Gasteiger charge is 2.43. The molecule has 1 aliphatic heterocycles. The van der Waals surface area contributed by atoms with Gasteiger partial charge in [0.25, 0.3) is 5.91 Å². The molecule has 4 rings (SSSR count). The molecule has 7 nitrogen and oxygen atoms in total. The molecule has 0 radical (unpaired) electrons. The van der Waals surface area contributed by atoms with Crippen molar-refractivity contribution in [2.45, 2.75) is 19.0 Å². The number of amides is 2. The van der Waals surface area contributed by atoms with E-state index >= 15 is 0 Å². The molecule has 3 aromatic rings. The van der Waals surface area contributed by atoms with Crippen LogP contribution in [0.4, 0.5) is 15.8 Å². The van der Waals surface area contributed by atoms with Gasteiger partial charge in [-0.15, -0.1) is 0 Å². The predicted molar refractivity (Wildman–Crippen MR) is 138 cm³/mol. The molecule has 1 atom stereocenters. The van der Waals surface area contributed by atoms with Gasteiger partial charge in [0.15, 0.2) is 5.11 Å². The number of nitrogens with zero attached hydrogens (tertiary/aromatic N) is 2. The van der Waals surface area contributed by atoms with E-state index in [-0.39, 0.29) is 18.1 Å². The molecule has 1 aliphatic rings. The van der Waals surface area contributed by atoms with Crippen molar-refractivity contribution in [2.75, 3.05) is 17.3 Å². The van der Waals surface area contributed by atoms with Crippen molar-refractivity contribution in [2.24, 2.45) is 0 Å². The molecule has 10 heteroatoms. The zero-order valence-corrected chi connectivity index (χ0v) is 20.7. The van der Waals surface area contributed by atoms with Crippen LogP contribution >= 0.6 is 23.8 Å². The van der Waals surface area contributed by atoms with Gasteiger partial charge in [-0.2, -0.15) is 0 Å². The first kappa shape index (κ1) is 25.3. The minimum absolute atomic E-state index is 0.101. The maximum Gasteiger partial charge on any atom is 0.337 e. The van der Waals surface area contributed by atoms with Gasteiger partial charge in [0.1, 0.15) is 11.9 Å². The maximum absolute atomic E-state index is 13.5. The van der Waals surface area contributed by atoms with Crippen molar-refractivity contribution in [1.29, 1.82) is 0 Å². The van der Waals surface area contributed by atoms with Crippen LogP contribution in [0.2, 0.25) is 5.02 Å². The van der Waals surface area contributed by atoms with Crippen molar-refractivity contribution >= 4 is 58.1 Å². The number of rotatable bonds is 6. The second-order valence-electron chi connectivity index (χ2n) is 8.02. The van der Waals surface area contributed by atoms with Crippen molar-refractivity contribution in [3.05, 3.63) is 94.8 Å². The van der Waals surface area contributed by atoms with Crippen LogP contribution in [0.5, 0.6) is 0 Å². The highest BCUT2D eigenvalue weighted by atomic mass is 35.5. The normalized spacial score (nSPS) is 15.1. The molecule has 1 N–H and O–H groups in total. The molecule has 1 unspecified atom stereocenters. The summed E-state index contributed by atoms with van der Waals surface area (Å²) in [5.74, 6) is -1.77. The Bertz CT molecular complexity index is 1300. The van der Waals surface area contributed by atoms with E-state index in [1.54, 1.807) is 29.2 Å². The van der Waals surface area contributed by atoms with Gasteiger partial charge < -0.3 is 15.0 Å². The Morgan fingerprint density at radius 2 is 1.72 bits per heavy atom. The lowest BCUT2D eigenvalue weighted by Crippen LogP contribution is -2.46. The summed E-state index contributed by atoms with van der Waals surface area (Å²) >= 11 is 11.6. The Labute approximate surface area is 217 Å². The van der Waals surface area contributed by atoms with Gasteiger partial charge in [0.05, 0.1) is 24.8 Å². The first-order valence-corrected chi connectivity index (χ1v) is 11.7. The summed E-state index contributed by atoms with van der Waals surface area (Å²) in [6.07, 6.45) is -0.101. The predicted octanol–water partition coefficient (Wildman–Crippen LogP) is 4.80. The van der Waals surface area contributed by atoms with Gasteiger partial charge in [-0.25, -0.2) is 14.1 Å². The first-order valence-electron chi connectivity index (χ1n) is 10.9. The Morgan fingerprint density at radius 3 is 2.33 bits per heavy atom. The van der Waals surface area contributed by atoms with Crippen LogP contribution in [0, 0.1) is 5.82 Å². The monoisotopic (exact) mass is 525 g/mol. The minimum atomic E-state index is -0.881. The van der Waals surface area contributed by atoms with E-state index in [2.05, 4.69) is 5.32 Å². The summed E-state index contributed by atoms with van der Waals surface area (Å²) in [7, 11) is 1.27. The summed E-state index contributed by atoms with van der Waals surface area (Å²) in [6, 6.07) is 17.8. The number of nitrogens with one attached hydrogen (secondary N) is 1. The minimum Gasteiger partial charge on any atom is -0.465 e. The summed E-state index contributed by atoms with van der Waals surface area (Å²) in [6.45, 7) is 0.225. The highest BCUT2D eigenvalue weighted by molar-refractivity contribution is 7.80. The molecule has 1 heterocycles. The SMILES string of the molecule is COC(=O)c1ccc(N2C(=O)CC(N(Cc3ccc(Cl)cc3)C(=S)Nc3ccc(F)cc3)C2=O)cc1. The molecule has 0 bridgehead atoms. The smallest absolute Gasteiger partial charge is 0.337 e. The van der Waals surface area contributed by atoms with Crippen LogP contribution in [-0.2, 0) is 20.9 Å². The quantitative estimate of drug-likeness (QED) is 0.281. The number of hydrogen-bond donors (Lipinski definition) is 1. The number of benzene rings is 3. The van der Waals surface area contributed by atoms with E-state index in [0.717, 1.165) is 10.5 Å². The molecule has 0 aliphatic carbocycles. The number of methoxy groups -OCH3 is 1. The van der Waals surface area contributed by atoms with E-state index in [9.17, 15) is 18.8 Å². The lowest BCUT2D eigenvalue weighted by atomic mass is 10.1. The van der Waals surface area contributed by atoms with Crippen LogP contribution in [0.3, 0.4) is 0 Å². The van der Waals surface area contributed by atoms with Gasteiger partial charge in [-0.05, 0) is 78.4 Å². The fourth-order valence-corrected chi connectivity index (χ4v) is 4.27. The van der Waals surface area contributed by atoms with E-state index < -0.39 is 29.6 Å². The topological polar surface area (TPSA) is 79.0 Å². The Balaban J connectivity index is 1.61. The Kier molecular flexibility index (Phi) is 7.61. The van der Waals surface area contributed by atoms with E-state index in [0.29, 0.717) is 22.0 Å². The lowest BCUT2D eigenvalue weighted by molar-refractivity contribution is -0.122. The van der Waals surface area contributed by atoms with Gasteiger partial charge in [-0.3, -0.25) is 9.59 Å². The molecular formula is C26H21ClFN3O4S. The van der Waals surface area contributed by atoms with Crippen molar-refractivity contribution < 1.29 is 23.5 Å². The Hall–Kier alpha value is -3.82. The molecule has 0 aromatic heterocycles. The zero-order valence-electron chi connectivity index (χ0n) is 19.1. The fourth-order valence-electron chi connectivity index (χ4n) is 3.83. The zero-order chi connectivity index (χ0) is 25.8. The molecule has 184 valence electrons. The van der Waals surface area contributed by atoms with Gasteiger partial charge in [0.2, 0.25) is 5.91 Å². The summed E-state index contributed by atoms with van der Waals surface area (Å²) in [5, 5.41) is 3.79. The van der Waals surface area contributed by atoms with Crippen LogP contribution < -0.4 is 10.2 Å². The summed E-state index contributed by atoms with van der Waals surface area (Å²) in [4.78, 5) is 40.9. The second kappa shape index (κ2) is 10.8. The average molecular weight is 526 g/mol.